The van der Waals surface area contributed by atoms with Gasteiger partial charge in [-0.3, -0.25) is 4.72 Å². The van der Waals surface area contributed by atoms with Crippen molar-refractivity contribution in [1.82, 2.24) is 0 Å². The molecule has 0 saturated heterocycles. The zero-order valence-electron chi connectivity index (χ0n) is 8.68. The lowest BCUT2D eigenvalue weighted by molar-refractivity contribution is 0.0698. The van der Waals surface area contributed by atoms with Crippen LogP contribution in [0.25, 0.3) is 0 Å². The standard InChI is InChI=1S/C10H10ClNO4S/c1-2-5-17(15,16)12-9-6-7(11)3-4-8(9)10(13)14/h2-4,6,12H,1,5H2,(H,13,14). The van der Waals surface area contributed by atoms with Crippen molar-refractivity contribution in [1.29, 1.82) is 0 Å². The van der Waals surface area contributed by atoms with Crippen molar-refractivity contribution in [2.45, 2.75) is 0 Å². The van der Waals surface area contributed by atoms with Crippen molar-refractivity contribution in [2.75, 3.05) is 10.5 Å². The molecule has 92 valence electrons. The smallest absolute Gasteiger partial charge is 0.337 e. The van der Waals surface area contributed by atoms with Gasteiger partial charge in [0.1, 0.15) is 0 Å². The molecule has 0 unspecified atom stereocenters. The van der Waals surface area contributed by atoms with Crippen molar-refractivity contribution in [3.8, 4) is 0 Å². The second-order valence-corrected chi connectivity index (χ2v) is 5.37. The summed E-state index contributed by atoms with van der Waals surface area (Å²) >= 11 is 5.68. The summed E-state index contributed by atoms with van der Waals surface area (Å²) in [7, 11) is -3.65. The highest BCUT2D eigenvalue weighted by Crippen LogP contribution is 2.22. The fourth-order valence-electron chi connectivity index (χ4n) is 1.15. The number of carboxylic acids is 1. The molecule has 7 heteroatoms. The molecule has 0 spiro atoms. The zero-order chi connectivity index (χ0) is 13.1. The Morgan fingerprint density at radius 2 is 2.18 bits per heavy atom. The molecule has 1 aromatic rings. The summed E-state index contributed by atoms with van der Waals surface area (Å²) in [6.07, 6.45) is 1.20. The van der Waals surface area contributed by atoms with Crippen LogP contribution in [0.5, 0.6) is 0 Å². The van der Waals surface area contributed by atoms with Crippen molar-refractivity contribution in [3.63, 3.8) is 0 Å². The number of nitrogens with one attached hydrogen (secondary N) is 1. The first-order valence-electron chi connectivity index (χ1n) is 4.50. The van der Waals surface area contributed by atoms with Gasteiger partial charge in [-0.25, -0.2) is 13.2 Å². The second kappa shape index (κ2) is 5.20. The Morgan fingerprint density at radius 3 is 2.71 bits per heavy atom. The molecular weight excluding hydrogens is 266 g/mol. The van der Waals surface area contributed by atoms with Crippen molar-refractivity contribution >= 4 is 33.3 Å². The number of rotatable bonds is 5. The van der Waals surface area contributed by atoms with Crippen LogP contribution in [0, 0.1) is 0 Å². The topological polar surface area (TPSA) is 83.5 Å². The molecule has 0 atom stereocenters. The average Bonchev–Trinajstić information content (AvgIpc) is 2.15. The molecule has 0 saturated carbocycles. The highest BCUT2D eigenvalue weighted by Gasteiger charge is 2.15. The number of benzene rings is 1. The van der Waals surface area contributed by atoms with Gasteiger partial charge in [-0.15, -0.1) is 6.58 Å². The van der Waals surface area contributed by atoms with Gasteiger partial charge in [0.15, 0.2) is 0 Å². The fraction of sp³-hybridized carbons (Fsp3) is 0.100. The number of hydrogen-bond donors (Lipinski definition) is 2. The molecule has 0 amide bonds. The van der Waals surface area contributed by atoms with Crippen LogP contribution < -0.4 is 4.72 Å². The number of halogens is 1. The Morgan fingerprint density at radius 1 is 1.53 bits per heavy atom. The fourth-order valence-corrected chi connectivity index (χ4v) is 2.22. The number of carbonyl (C=O) groups is 1. The monoisotopic (exact) mass is 275 g/mol. The number of carboxylic acid groups (broad SMARTS) is 1. The summed E-state index contributed by atoms with van der Waals surface area (Å²) < 4.78 is 25.1. The Bertz CT molecular complexity index is 553. The Labute approximate surface area is 104 Å². The molecule has 0 aliphatic heterocycles. The lowest BCUT2D eigenvalue weighted by Crippen LogP contribution is -2.17. The maximum atomic E-state index is 11.5. The Hall–Kier alpha value is -1.53. The molecule has 0 fully saturated rings. The number of aromatic carboxylic acids is 1. The van der Waals surface area contributed by atoms with Gasteiger partial charge in [0, 0.05) is 5.02 Å². The van der Waals surface area contributed by atoms with Gasteiger partial charge in [-0.2, -0.15) is 0 Å². The maximum absolute atomic E-state index is 11.5. The van der Waals surface area contributed by atoms with E-state index < -0.39 is 16.0 Å². The molecule has 2 N–H and O–H groups in total. The Kier molecular flexibility index (Phi) is 4.14. The van der Waals surface area contributed by atoms with E-state index >= 15 is 0 Å². The summed E-state index contributed by atoms with van der Waals surface area (Å²) in [5.74, 6) is -1.54. The van der Waals surface area contributed by atoms with E-state index in [0.29, 0.717) is 0 Å². The third kappa shape index (κ3) is 3.76. The van der Waals surface area contributed by atoms with E-state index in [1.54, 1.807) is 0 Å². The van der Waals surface area contributed by atoms with Crippen molar-refractivity contribution in [2.24, 2.45) is 0 Å². The number of anilines is 1. The van der Waals surface area contributed by atoms with E-state index in [-0.39, 0.29) is 22.0 Å². The van der Waals surface area contributed by atoms with Crippen LogP contribution in [-0.2, 0) is 10.0 Å². The third-order valence-electron chi connectivity index (χ3n) is 1.81. The lowest BCUT2D eigenvalue weighted by atomic mass is 10.2. The van der Waals surface area contributed by atoms with Gasteiger partial charge in [-0.05, 0) is 18.2 Å². The SMILES string of the molecule is C=CCS(=O)(=O)Nc1cc(Cl)ccc1C(=O)O. The molecule has 0 heterocycles. The first-order chi connectivity index (χ1) is 7.85. The number of sulfonamides is 1. The molecule has 17 heavy (non-hydrogen) atoms. The molecule has 5 nitrogen and oxygen atoms in total. The highest BCUT2D eigenvalue weighted by molar-refractivity contribution is 7.92. The number of hydrogen-bond acceptors (Lipinski definition) is 3. The quantitative estimate of drug-likeness (QED) is 0.805. The van der Waals surface area contributed by atoms with Crippen LogP contribution in [0.3, 0.4) is 0 Å². The minimum absolute atomic E-state index is 0.0631. The third-order valence-corrected chi connectivity index (χ3v) is 3.26. The van der Waals surface area contributed by atoms with Gasteiger partial charge in [0.05, 0.1) is 17.0 Å². The predicted molar refractivity (Wildman–Crippen MR) is 66.0 cm³/mol. The van der Waals surface area contributed by atoms with Crippen LogP contribution in [0.1, 0.15) is 10.4 Å². The van der Waals surface area contributed by atoms with Crippen LogP contribution in [-0.4, -0.2) is 25.2 Å². The average molecular weight is 276 g/mol. The first-order valence-corrected chi connectivity index (χ1v) is 6.53. The molecule has 0 aromatic heterocycles. The zero-order valence-corrected chi connectivity index (χ0v) is 10.3. The second-order valence-electron chi connectivity index (χ2n) is 3.17. The van der Waals surface area contributed by atoms with Crippen LogP contribution in [0.15, 0.2) is 30.9 Å². The molecule has 0 radical (unpaired) electrons. The predicted octanol–water partition coefficient (Wildman–Crippen LogP) is 1.97. The molecule has 0 aliphatic rings. The molecule has 1 aromatic carbocycles. The molecule has 0 aliphatic carbocycles. The van der Waals surface area contributed by atoms with E-state index in [9.17, 15) is 13.2 Å². The van der Waals surface area contributed by atoms with Crippen LogP contribution >= 0.6 is 11.6 Å². The van der Waals surface area contributed by atoms with Crippen LogP contribution in [0.4, 0.5) is 5.69 Å². The van der Waals surface area contributed by atoms with Gasteiger partial charge in [0.25, 0.3) is 0 Å². The summed E-state index contributed by atoms with van der Waals surface area (Å²) in [5.41, 5.74) is -0.228. The molecule has 0 bridgehead atoms. The minimum atomic E-state index is -3.65. The minimum Gasteiger partial charge on any atom is -0.478 e. The lowest BCUT2D eigenvalue weighted by Gasteiger charge is -2.09. The van der Waals surface area contributed by atoms with Gasteiger partial charge < -0.3 is 5.11 Å². The van der Waals surface area contributed by atoms with E-state index in [0.717, 1.165) is 0 Å². The summed E-state index contributed by atoms with van der Waals surface area (Å²) in [5, 5.41) is 9.13. The Balaban J connectivity index is 3.17. The van der Waals surface area contributed by atoms with Gasteiger partial charge in [-0.1, -0.05) is 17.7 Å². The van der Waals surface area contributed by atoms with E-state index in [1.807, 2.05) is 0 Å². The van der Waals surface area contributed by atoms with Gasteiger partial charge >= 0.3 is 5.97 Å². The molecule has 1 rings (SSSR count). The van der Waals surface area contributed by atoms with Crippen LogP contribution in [0.2, 0.25) is 5.02 Å². The summed E-state index contributed by atoms with van der Waals surface area (Å²) in [6, 6.07) is 3.85. The van der Waals surface area contributed by atoms with Gasteiger partial charge in [0.2, 0.25) is 10.0 Å². The highest BCUT2D eigenvalue weighted by atomic mass is 35.5. The first kappa shape index (κ1) is 13.5. The largest absolute Gasteiger partial charge is 0.478 e. The van der Waals surface area contributed by atoms with Crippen molar-refractivity contribution in [3.05, 3.63) is 41.4 Å². The van der Waals surface area contributed by atoms with E-state index in [4.69, 9.17) is 16.7 Å². The maximum Gasteiger partial charge on any atom is 0.337 e. The normalized spacial score (nSPS) is 10.9. The van der Waals surface area contributed by atoms with E-state index in [2.05, 4.69) is 11.3 Å². The van der Waals surface area contributed by atoms with Crippen molar-refractivity contribution < 1.29 is 18.3 Å². The van der Waals surface area contributed by atoms with E-state index in [1.165, 1.54) is 24.3 Å². The molecular formula is C10H10ClNO4S. The summed E-state index contributed by atoms with van der Waals surface area (Å²) in [4.78, 5) is 10.9. The summed E-state index contributed by atoms with van der Waals surface area (Å²) in [6.45, 7) is 3.30.